The number of carbonyl (C=O) groups is 2. The van der Waals surface area contributed by atoms with Crippen molar-refractivity contribution in [2.75, 3.05) is 13.2 Å². The van der Waals surface area contributed by atoms with Gasteiger partial charge in [-0.3, -0.25) is 4.79 Å². The maximum absolute atomic E-state index is 13.4. The fraction of sp³-hybridized carbons (Fsp3) is 0.579. The van der Waals surface area contributed by atoms with Gasteiger partial charge < -0.3 is 19.9 Å². The van der Waals surface area contributed by atoms with E-state index in [1.807, 2.05) is 6.92 Å². The quantitative estimate of drug-likeness (QED) is 0.656. The Labute approximate surface area is 152 Å². The molecule has 1 aromatic rings. The summed E-state index contributed by atoms with van der Waals surface area (Å²) < 4.78 is 24.3. The zero-order valence-electron chi connectivity index (χ0n) is 15.4. The van der Waals surface area contributed by atoms with Crippen LogP contribution in [0.2, 0.25) is 0 Å². The second-order valence-corrected chi connectivity index (χ2v) is 7.01. The van der Waals surface area contributed by atoms with Crippen molar-refractivity contribution >= 4 is 11.9 Å². The highest BCUT2D eigenvalue weighted by Gasteiger charge is 2.66. The lowest BCUT2D eigenvalue weighted by molar-refractivity contribution is -0.194. The summed E-state index contributed by atoms with van der Waals surface area (Å²) in [6, 6.07) is 6.04. The molecule has 1 amide bonds. The van der Waals surface area contributed by atoms with Crippen molar-refractivity contribution in [1.82, 2.24) is 5.32 Å². The van der Waals surface area contributed by atoms with Crippen LogP contribution in [0.4, 0.5) is 4.39 Å². The van der Waals surface area contributed by atoms with Gasteiger partial charge >= 0.3 is 5.97 Å². The lowest BCUT2D eigenvalue weighted by Gasteiger charge is -2.58. The fourth-order valence-electron chi connectivity index (χ4n) is 3.31. The summed E-state index contributed by atoms with van der Waals surface area (Å²) in [5.74, 6) is -1.75. The summed E-state index contributed by atoms with van der Waals surface area (Å²) in [5.41, 5.74) is -2.05. The zero-order valence-corrected chi connectivity index (χ0v) is 15.4. The van der Waals surface area contributed by atoms with Gasteiger partial charge in [0, 0.05) is 24.9 Å². The maximum atomic E-state index is 13.4. The van der Waals surface area contributed by atoms with E-state index in [9.17, 15) is 19.1 Å². The molecule has 2 rings (SSSR count). The standard InChI is InChI=1S/C19H26FNO5/c1-4-25-15-12-19(17(23)24,18(15,2)3)21-16(22)10-7-11-26-14-9-6-5-8-13(14)20/h5-6,8-9,15H,4,7,10-12H2,1-3H3,(H,21,22)(H,23,24). The summed E-state index contributed by atoms with van der Waals surface area (Å²) in [7, 11) is 0. The Morgan fingerprint density at radius 2 is 2.04 bits per heavy atom. The van der Waals surface area contributed by atoms with Gasteiger partial charge in [-0.2, -0.15) is 0 Å². The van der Waals surface area contributed by atoms with Crippen LogP contribution in [-0.4, -0.2) is 41.8 Å². The first-order valence-electron chi connectivity index (χ1n) is 8.78. The molecule has 0 bridgehead atoms. The van der Waals surface area contributed by atoms with Gasteiger partial charge in [-0.25, -0.2) is 9.18 Å². The molecule has 1 fully saturated rings. The second kappa shape index (κ2) is 8.03. The number of rotatable bonds is 9. The van der Waals surface area contributed by atoms with E-state index in [2.05, 4.69) is 5.32 Å². The van der Waals surface area contributed by atoms with Crippen LogP contribution in [0.5, 0.6) is 5.75 Å². The summed E-state index contributed by atoms with van der Waals surface area (Å²) in [6.45, 7) is 6.08. The molecule has 2 atom stereocenters. The number of aliphatic carboxylic acids is 1. The number of carboxylic acids is 1. The molecule has 0 aromatic heterocycles. The predicted molar refractivity (Wildman–Crippen MR) is 93.5 cm³/mol. The Hall–Kier alpha value is -2.15. The molecule has 0 spiro atoms. The van der Waals surface area contributed by atoms with E-state index in [4.69, 9.17) is 9.47 Å². The maximum Gasteiger partial charge on any atom is 0.330 e. The van der Waals surface area contributed by atoms with Gasteiger partial charge in [0.25, 0.3) is 0 Å². The summed E-state index contributed by atoms with van der Waals surface area (Å²) in [6.07, 6.45) is 0.471. The molecule has 0 aliphatic heterocycles. The molecule has 1 aliphatic rings. The van der Waals surface area contributed by atoms with Gasteiger partial charge in [0.05, 0.1) is 12.7 Å². The first kappa shape index (κ1) is 20.2. The Bertz CT molecular complexity index is 663. The third kappa shape index (κ3) is 3.82. The van der Waals surface area contributed by atoms with Crippen molar-refractivity contribution in [2.24, 2.45) is 5.41 Å². The molecule has 6 nitrogen and oxygen atoms in total. The van der Waals surface area contributed by atoms with E-state index < -0.39 is 22.7 Å². The summed E-state index contributed by atoms with van der Waals surface area (Å²) >= 11 is 0. The van der Waals surface area contributed by atoms with Crippen LogP contribution < -0.4 is 10.1 Å². The van der Waals surface area contributed by atoms with E-state index in [-0.39, 0.29) is 37.2 Å². The van der Waals surface area contributed by atoms with Crippen LogP contribution in [-0.2, 0) is 14.3 Å². The van der Waals surface area contributed by atoms with E-state index in [0.717, 1.165) is 0 Å². The van der Waals surface area contributed by atoms with E-state index in [0.29, 0.717) is 13.0 Å². The minimum absolute atomic E-state index is 0.0961. The Kier molecular flexibility index (Phi) is 6.23. The molecule has 1 saturated carbocycles. The van der Waals surface area contributed by atoms with Crippen molar-refractivity contribution in [3.63, 3.8) is 0 Å². The normalized spacial score (nSPS) is 23.8. The van der Waals surface area contributed by atoms with Crippen LogP contribution in [0.3, 0.4) is 0 Å². The molecular weight excluding hydrogens is 341 g/mol. The number of hydrogen-bond acceptors (Lipinski definition) is 4. The van der Waals surface area contributed by atoms with Crippen LogP contribution >= 0.6 is 0 Å². The number of carbonyl (C=O) groups excluding carboxylic acids is 1. The third-order valence-corrected chi connectivity index (χ3v) is 5.12. The van der Waals surface area contributed by atoms with Crippen molar-refractivity contribution in [2.45, 2.75) is 51.7 Å². The fourth-order valence-corrected chi connectivity index (χ4v) is 3.31. The van der Waals surface area contributed by atoms with Crippen LogP contribution in [0, 0.1) is 11.2 Å². The molecule has 0 radical (unpaired) electrons. The van der Waals surface area contributed by atoms with E-state index >= 15 is 0 Å². The zero-order chi connectivity index (χ0) is 19.4. The Balaban J connectivity index is 1.86. The first-order valence-corrected chi connectivity index (χ1v) is 8.78. The van der Waals surface area contributed by atoms with Crippen LogP contribution in [0.25, 0.3) is 0 Å². The molecule has 1 aromatic carbocycles. The molecule has 0 heterocycles. The predicted octanol–water partition coefficient (Wildman–Crippen LogP) is 2.76. The van der Waals surface area contributed by atoms with Gasteiger partial charge in [0.15, 0.2) is 11.6 Å². The number of hydrogen-bond donors (Lipinski definition) is 2. The highest BCUT2D eigenvalue weighted by Crippen LogP contribution is 2.51. The number of halogens is 1. The number of amides is 1. The third-order valence-electron chi connectivity index (χ3n) is 5.12. The van der Waals surface area contributed by atoms with Gasteiger partial charge in [-0.1, -0.05) is 26.0 Å². The number of benzene rings is 1. The van der Waals surface area contributed by atoms with Gasteiger partial charge in [0.2, 0.25) is 5.91 Å². The van der Waals surface area contributed by atoms with E-state index in [1.165, 1.54) is 12.1 Å². The van der Waals surface area contributed by atoms with Crippen LogP contribution in [0.15, 0.2) is 24.3 Å². The smallest absolute Gasteiger partial charge is 0.330 e. The average molecular weight is 367 g/mol. The molecule has 0 saturated heterocycles. The Morgan fingerprint density at radius 1 is 1.35 bits per heavy atom. The van der Waals surface area contributed by atoms with Crippen molar-refractivity contribution < 1.29 is 28.6 Å². The lowest BCUT2D eigenvalue weighted by Crippen LogP contribution is -2.76. The molecule has 7 heteroatoms. The van der Waals surface area contributed by atoms with Gasteiger partial charge in [-0.15, -0.1) is 0 Å². The number of ether oxygens (including phenoxy) is 2. The minimum atomic E-state index is -1.34. The number of para-hydroxylation sites is 1. The molecule has 2 unspecified atom stereocenters. The van der Waals surface area contributed by atoms with Crippen LogP contribution in [0.1, 0.15) is 40.0 Å². The van der Waals surface area contributed by atoms with Crippen molar-refractivity contribution in [1.29, 1.82) is 0 Å². The molecule has 26 heavy (non-hydrogen) atoms. The second-order valence-electron chi connectivity index (χ2n) is 7.01. The monoisotopic (exact) mass is 367 g/mol. The summed E-state index contributed by atoms with van der Waals surface area (Å²) in [4.78, 5) is 24.1. The highest BCUT2D eigenvalue weighted by molar-refractivity contribution is 5.89. The number of carboxylic acid groups (broad SMARTS) is 1. The van der Waals surface area contributed by atoms with Gasteiger partial charge in [0.1, 0.15) is 5.54 Å². The lowest BCUT2D eigenvalue weighted by atomic mass is 9.54. The van der Waals surface area contributed by atoms with Crippen molar-refractivity contribution in [3.8, 4) is 5.75 Å². The molecule has 144 valence electrons. The van der Waals surface area contributed by atoms with E-state index in [1.54, 1.807) is 26.0 Å². The Morgan fingerprint density at radius 3 is 2.62 bits per heavy atom. The molecule has 2 N–H and O–H groups in total. The highest BCUT2D eigenvalue weighted by atomic mass is 19.1. The molecular formula is C19H26FNO5. The molecule has 1 aliphatic carbocycles. The SMILES string of the molecule is CCOC1CC(NC(=O)CCCOc2ccccc2F)(C(=O)O)C1(C)C. The number of nitrogens with one attached hydrogen (secondary N) is 1. The minimum Gasteiger partial charge on any atom is -0.491 e. The topological polar surface area (TPSA) is 84.9 Å². The first-order chi connectivity index (χ1) is 12.2. The average Bonchev–Trinajstić information content (AvgIpc) is 2.58. The largest absolute Gasteiger partial charge is 0.491 e. The van der Waals surface area contributed by atoms with Gasteiger partial charge in [-0.05, 0) is 25.5 Å². The van der Waals surface area contributed by atoms with Crippen molar-refractivity contribution in [3.05, 3.63) is 30.1 Å². The summed E-state index contributed by atoms with van der Waals surface area (Å²) in [5, 5.41) is 12.3.